The molecule has 0 spiro atoms. The molecule has 0 aliphatic heterocycles. The number of carbonyl (C=O) groups excluding carboxylic acids is 1. The number of unbranched alkanes of at least 4 members (excludes halogenated alkanes) is 1. The summed E-state index contributed by atoms with van der Waals surface area (Å²) in [4.78, 5) is 28.3. The summed E-state index contributed by atoms with van der Waals surface area (Å²) >= 11 is 3.35. The van der Waals surface area contributed by atoms with E-state index in [4.69, 9.17) is 5.73 Å². The molecule has 0 aliphatic carbocycles. The van der Waals surface area contributed by atoms with Gasteiger partial charge in [0.2, 0.25) is 5.91 Å². The predicted octanol–water partition coefficient (Wildman–Crippen LogP) is 1.40. The molecule has 1 aromatic heterocycles. The molecule has 0 saturated carbocycles. The van der Waals surface area contributed by atoms with Crippen molar-refractivity contribution >= 4 is 32.7 Å². The molecule has 1 aromatic carbocycles. The van der Waals surface area contributed by atoms with Crippen LogP contribution >= 0.6 is 15.9 Å². The minimum absolute atomic E-state index is 0.0711. The van der Waals surface area contributed by atoms with Crippen molar-refractivity contribution in [2.24, 2.45) is 5.73 Å². The minimum atomic E-state index is -0.137. The van der Waals surface area contributed by atoms with Gasteiger partial charge in [-0.15, -0.1) is 0 Å². The lowest BCUT2D eigenvalue weighted by atomic mass is 10.2. The molecule has 1 amide bonds. The number of carbonyl (C=O) groups is 1. The van der Waals surface area contributed by atoms with E-state index in [1.165, 1.54) is 10.9 Å². The van der Waals surface area contributed by atoms with Crippen LogP contribution in [0.15, 0.2) is 33.8 Å². The van der Waals surface area contributed by atoms with Gasteiger partial charge >= 0.3 is 0 Å². The topological polar surface area (TPSA) is 90.0 Å². The first-order chi connectivity index (χ1) is 10.6. The summed E-state index contributed by atoms with van der Waals surface area (Å²) < 4.78 is 2.29. The second-order valence-electron chi connectivity index (χ2n) is 5.00. The SMILES string of the molecule is NCCCCNC(=O)CCn1cnc2ccc(Br)cc2c1=O. The largest absolute Gasteiger partial charge is 0.356 e. The normalized spacial score (nSPS) is 10.8. The highest BCUT2D eigenvalue weighted by atomic mass is 79.9. The molecule has 118 valence electrons. The zero-order chi connectivity index (χ0) is 15.9. The van der Waals surface area contributed by atoms with E-state index in [0.29, 0.717) is 30.5 Å². The van der Waals surface area contributed by atoms with Crippen LogP contribution < -0.4 is 16.6 Å². The highest BCUT2D eigenvalue weighted by Crippen LogP contribution is 2.14. The summed E-state index contributed by atoms with van der Waals surface area (Å²) in [6.07, 6.45) is 3.50. The molecule has 0 aliphatic rings. The van der Waals surface area contributed by atoms with Crippen LogP contribution in [0, 0.1) is 0 Å². The molecule has 2 aromatic rings. The molecule has 0 fully saturated rings. The lowest BCUT2D eigenvalue weighted by molar-refractivity contribution is -0.121. The Morgan fingerprint density at radius 3 is 2.95 bits per heavy atom. The molecule has 0 atom stereocenters. The molecular weight excluding hydrogens is 348 g/mol. The Balaban J connectivity index is 1.98. The number of benzene rings is 1. The number of fused-ring (bicyclic) bond motifs is 1. The van der Waals surface area contributed by atoms with Gasteiger partial charge in [-0.1, -0.05) is 15.9 Å². The van der Waals surface area contributed by atoms with Gasteiger partial charge in [-0.25, -0.2) is 4.98 Å². The van der Waals surface area contributed by atoms with Crippen LogP contribution in [-0.2, 0) is 11.3 Å². The maximum absolute atomic E-state index is 12.3. The monoisotopic (exact) mass is 366 g/mol. The average molecular weight is 367 g/mol. The Morgan fingerprint density at radius 1 is 1.36 bits per heavy atom. The summed E-state index contributed by atoms with van der Waals surface area (Å²) in [5.41, 5.74) is 5.90. The molecule has 0 radical (unpaired) electrons. The van der Waals surface area contributed by atoms with Gasteiger partial charge in [-0.05, 0) is 37.6 Å². The summed E-state index contributed by atoms with van der Waals surface area (Å²) in [5, 5.41) is 3.36. The number of aromatic nitrogens is 2. The summed E-state index contributed by atoms with van der Waals surface area (Å²) in [7, 11) is 0. The van der Waals surface area contributed by atoms with Crippen molar-refractivity contribution in [3.05, 3.63) is 39.4 Å². The second-order valence-corrected chi connectivity index (χ2v) is 5.92. The Hall–Kier alpha value is -1.73. The van der Waals surface area contributed by atoms with Crippen LogP contribution in [0.5, 0.6) is 0 Å². The van der Waals surface area contributed by atoms with Gasteiger partial charge in [-0.3, -0.25) is 14.2 Å². The fourth-order valence-electron chi connectivity index (χ4n) is 2.10. The van der Waals surface area contributed by atoms with E-state index in [0.717, 1.165) is 17.3 Å². The number of nitrogens with two attached hydrogens (primary N) is 1. The van der Waals surface area contributed by atoms with Crippen molar-refractivity contribution in [3.8, 4) is 0 Å². The van der Waals surface area contributed by atoms with Crippen LogP contribution in [0.25, 0.3) is 10.9 Å². The van der Waals surface area contributed by atoms with E-state index in [2.05, 4.69) is 26.2 Å². The van der Waals surface area contributed by atoms with E-state index >= 15 is 0 Å². The van der Waals surface area contributed by atoms with Crippen molar-refractivity contribution in [1.29, 1.82) is 0 Å². The standard InChI is InChI=1S/C15H19BrN4O2/c16-11-3-4-13-12(9-11)15(22)20(10-19-13)8-5-14(21)18-7-2-1-6-17/h3-4,9-10H,1-2,5-8,17H2,(H,18,21). The van der Waals surface area contributed by atoms with Crippen LogP contribution in [0.4, 0.5) is 0 Å². The van der Waals surface area contributed by atoms with Gasteiger partial charge < -0.3 is 11.1 Å². The third-order valence-electron chi connectivity index (χ3n) is 3.32. The van der Waals surface area contributed by atoms with Crippen LogP contribution in [0.3, 0.4) is 0 Å². The van der Waals surface area contributed by atoms with E-state index in [1.807, 2.05) is 6.07 Å². The number of hydrogen-bond acceptors (Lipinski definition) is 4. The van der Waals surface area contributed by atoms with Crippen LogP contribution in [0.1, 0.15) is 19.3 Å². The molecular formula is C15H19BrN4O2. The fourth-order valence-corrected chi connectivity index (χ4v) is 2.46. The zero-order valence-corrected chi connectivity index (χ0v) is 13.8. The Labute approximate surface area is 136 Å². The smallest absolute Gasteiger partial charge is 0.261 e. The van der Waals surface area contributed by atoms with Crippen molar-refractivity contribution < 1.29 is 4.79 Å². The molecule has 3 N–H and O–H groups in total. The molecule has 6 nitrogen and oxygen atoms in total. The van der Waals surface area contributed by atoms with E-state index in [-0.39, 0.29) is 17.9 Å². The molecule has 1 heterocycles. The lowest BCUT2D eigenvalue weighted by Gasteiger charge is -2.07. The van der Waals surface area contributed by atoms with Gasteiger partial charge in [0.15, 0.2) is 0 Å². The Morgan fingerprint density at radius 2 is 2.18 bits per heavy atom. The van der Waals surface area contributed by atoms with Crippen LogP contribution in [-0.4, -0.2) is 28.5 Å². The van der Waals surface area contributed by atoms with Crippen molar-refractivity contribution in [3.63, 3.8) is 0 Å². The van der Waals surface area contributed by atoms with Gasteiger partial charge in [0.1, 0.15) is 0 Å². The molecule has 0 saturated heterocycles. The first kappa shape index (κ1) is 16.6. The summed E-state index contributed by atoms with van der Waals surface area (Å²) in [6, 6.07) is 5.37. The average Bonchev–Trinajstić information content (AvgIpc) is 2.51. The van der Waals surface area contributed by atoms with E-state index in [9.17, 15) is 9.59 Å². The highest BCUT2D eigenvalue weighted by Gasteiger charge is 2.07. The number of aryl methyl sites for hydroxylation is 1. The number of halogens is 1. The van der Waals surface area contributed by atoms with Gasteiger partial charge in [0.05, 0.1) is 17.2 Å². The molecule has 0 unspecified atom stereocenters. The van der Waals surface area contributed by atoms with Gasteiger partial charge in [0.25, 0.3) is 5.56 Å². The zero-order valence-electron chi connectivity index (χ0n) is 12.2. The third kappa shape index (κ3) is 4.38. The quantitative estimate of drug-likeness (QED) is 0.724. The van der Waals surface area contributed by atoms with Crippen molar-refractivity contribution in [2.45, 2.75) is 25.8 Å². The Kier molecular flexibility index (Phi) is 6.09. The molecule has 2 rings (SSSR count). The Bertz CT molecular complexity index is 714. The highest BCUT2D eigenvalue weighted by molar-refractivity contribution is 9.10. The summed E-state index contributed by atoms with van der Waals surface area (Å²) in [6.45, 7) is 1.56. The number of hydrogen-bond donors (Lipinski definition) is 2. The predicted molar refractivity (Wildman–Crippen MR) is 89.6 cm³/mol. The summed E-state index contributed by atoms with van der Waals surface area (Å²) in [5.74, 6) is -0.0711. The van der Waals surface area contributed by atoms with Crippen molar-refractivity contribution in [2.75, 3.05) is 13.1 Å². The van der Waals surface area contributed by atoms with E-state index in [1.54, 1.807) is 12.1 Å². The number of nitrogens with zero attached hydrogens (tertiary/aromatic N) is 2. The van der Waals surface area contributed by atoms with Crippen LogP contribution in [0.2, 0.25) is 0 Å². The third-order valence-corrected chi connectivity index (χ3v) is 3.81. The van der Waals surface area contributed by atoms with E-state index < -0.39 is 0 Å². The van der Waals surface area contributed by atoms with Gasteiger partial charge in [0, 0.05) is 24.0 Å². The maximum Gasteiger partial charge on any atom is 0.261 e. The maximum atomic E-state index is 12.3. The number of rotatable bonds is 7. The lowest BCUT2D eigenvalue weighted by Crippen LogP contribution is -2.28. The molecule has 7 heteroatoms. The molecule has 0 bridgehead atoms. The second kappa shape index (κ2) is 8.05. The first-order valence-corrected chi connectivity index (χ1v) is 8.02. The number of amides is 1. The first-order valence-electron chi connectivity index (χ1n) is 7.23. The minimum Gasteiger partial charge on any atom is -0.356 e. The fraction of sp³-hybridized carbons (Fsp3) is 0.400. The number of nitrogens with one attached hydrogen (secondary N) is 1. The molecule has 22 heavy (non-hydrogen) atoms. The van der Waals surface area contributed by atoms with Gasteiger partial charge in [-0.2, -0.15) is 0 Å². The van der Waals surface area contributed by atoms with Crippen molar-refractivity contribution in [1.82, 2.24) is 14.9 Å².